The van der Waals surface area contributed by atoms with Gasteiger partial charge in [-0.25, -0.2) is 4.79 Å². The number of aryl methyl sites for hydroxylation is 1. The summed E-state index contributed by atoms with van der Waals surface area (Å²) < 4.78 is 5.05. The van der Waals surface area contributed by atoms with Crippen molar-refractivity contribution in [3.8, 4) is 0 Å². The first-order valence-corrected chi connectivity index (χ1v) is 7.96. The SMILES string of the molecule is CCOC(=O)c1cnc2c(c1Cl)CC(c1ccccc1)CC2. The van der Waals surface area contributed by atoms with Gasteiger partial charge in [-0.1, -0.05) is 41.9 Å². The predicted octanol–water partition coefficient (Wildman–Crippen LogP) is 4.18. The van der Waals surface area contributed by atoms with E-state index in [1.54, 1.807) is 13.1 Å². The summed E-state index contributed by atoms with van der Waals surface area (Å²) in [4.78, 5) is 16.4. The third-order valence-corrected chi connectivity index (χ3v) is 4.58. The van der Waals surface area contributed by atoms with E-state index >= 15 is 0 Å². The molecule has 0 radical (unpaired) electrons. The molecule has 1 unspecified atom stereocenters. The van der Waals surface area contributed by atoms with E-state index in [1.807, 2.05) is 6.07 Å². The summed E-state index contributed by atoms with van der Waals surface area (Å²) in [6.45, 7) is 2.11. The number of rotatable bonds is 3. The van der Waals surface area contributed by atoms with Crippen LogP contribution in [0.4, 0.5) is 0 Å². The summed E-state index contributed by atoms with van der Waals surface area (Å²) in [6, 6.07) is 10.4. The highest BCUT2D eigenvalue weighted by Gasteiger charge is 2.26. The summed E-state index contributed by atoms with van der Waals surface area (Å²) in [5, 5.41) is 0.504. The molecular weight excluding hydrogens is 298 g/mol. The van der Waals surface area contributed by atoms with Crippen LogP contribution in [0.1, 0.15) is 46.4 Å². The van der Waals surface area contributed by atoms with Gasteiger partial charge in [0.25, 0.3) is 0 Å². The smallest absolute Gasteiger partial charge is 0.341 e. The van der Waals surface area contributed by atoms with Gasteiger partial charge in [0.2, 0.25) is 0 Å². The zero-order chi connectivity index (χ0) is 15.5. The number of pyridine rings is 1. The Morgan fingerprint density at radius 3 is 2.86 bits per heavy atom. The molecule has 0 spiro atoms. The minimum Gasteiger partial charge on any atom is -0.462 e. The van der Waals surface area contributed by atoms with Crippen molar-refractivity contribution in [1.82, 2.24) is 4.98 Å². The van der Waals surface area contributed by atoms with E-state index in [0.29, 0.717) is 23.1 Å². The van der Waals surface area contributed by atoms with E-state index in [1.165, 1.54) is 5.56 Å². The van der Waals surface area contributed by atoms with Crippen LogP contribution >= 0.6 is 11.6 Å². The highest BCUT2D eigenvalue weighted by Crippen LogP contribution is 2.36. The van der Waals surface area contributed by atoms with Gasteiger partial charge in [-0.05, 0) is 43.2 Å². The maximum absolute atomic E-state index is 12.0. The van der Waals surface area contributed by atoms with Gasteiger partial charge < -0.3 is 4.74 Å². The van der Waals surface area contributed by atoms with Crippen molar-refractivity contribution < 1.29 is 9.53 Å². The van der Waals surface area contributed by atoms with Gasteiger partial charge >= 0.3 is 5.97 Å². The van der Waals surface area contributed by atoms with Crippen LogP contribution in [0.3, 0.4) is 0 Å². The predicted molar refractivity (Wildman–Crippen MR) is 86.4 cm³/mol. The number of esters is 1. The van der Waals surface area contributed by atoms with Crippen molar-refractivity contribution in [2.45, 2.75) is 32.1 Å². The topological polar surface area (TPSA) is 39.2 Å². The summed E-state index contributed by atoms with van der Waals surface area (Å²) in [5.41, 5.74) is 3.68. The van der Waals surface area contributed by atoms with E-state index < -0.39 is 5.97 Å². The minimum atomic E-state index is -0.398. The Balaban J connectivity index is 1.92. The second-order valence-electron chi connectivity index (χ2n) is 5.48. The molecule has 0 saturated heterocycles. The molecule has 3 rings (SSSR count). The summed E-state index contributed by atoms with van der Waals surface area (Å²) in [5.74, 6) is 0.0232. The molecule has 0 aliphatic heterocycles. The fourth-order valence-corrected chi connectivity index (χ4v) is 3.32. The van der Waals surface area contributed by atoms with E-state index in [2.05, 4.69) is 29.2 Å². The molecular formula is C18H18ClNO2. The van der Waals surface area contributed by atoms with Crippen LogP contribution in [-0.4, -0.2) is 17.6 Å². The number of halogens is 1. The molecule has 22 heavy (non-hydrogen) atoms. The number of benzene rings is 1. The van der Waals surface area contributed by atoms with Crippen LogP contribution < -0.4 is 0 Å². The number of aromatic nitrogens is 1. The lowest BCUT2D eigenvalue weighted by Gasteiger charge is -2.25. The first-order valence-electron chi connectivity index (χ1n) is 7.59. The van der Waals surface area contributed by atoms with Crippen LogP contribution in [0.5, 0.6) is 0 Å². The summed E-state index contributed by atoms with van der Waals surface area (Å²) >= 11 is 6.47. The van der Waals surface area contributed by atoms with Crippen LogP contribution in [0.25, 0.3) is 0 Å². The first-order chi connectivity index (χ1) is 10.7. The van der Waals surface area contributed by atoms with Gasteiger partial charge in [0.1, 0.15) is 0 Å². The fourth-order valence-electron chi connectivity index (χ4n) is 3.01. The molecule has 0 amide bonds. The van der Waals surface area contributed by atoms with Crippen molar-refractivity contribution in [3.05, 3.63) is 63.9 Å². The number of hydrogen-bond acceptors (Lipinski definition) is 3. The highest BCUT2D eigenvalue weighted by molar-refractivity contribution is 6.34. The molecule has 4 heteroatoms. The standard InChI is InChI=1S/C18H18ClNO2/c1-2-22-18(21)15-11-20-16-9-8-13(10-14(16)17(15)19)12-6-4-3-5-7-12/h3-7,11,13H,2,8-10H2,1H3. The molecule has 0 bridgehead atoms. The number of nitrogens with zero attached hydrogens (tertiary/aromatic N) is 1. The van der Waals surface area contributed by atoms with Crippen LogP contribution in [0, 0.1) is 0 Å². The van der Waals surface area contributed by atoms with Crippen molar-refractivity contribution in [3.63, 3.8) is 0 Å². The Kier molecular flexibility index (Phi) is 4.44. The maximum atomic E-state index is 12.0. The Labute approximate surface area is 135 Å². The normalized spacial score (nSPS) is 16.9. The molecule has 1 aromatic carbocycles. The highest BCUT2D eigenvalue weighted by atomic mass is 35.5. The average molecular weight is 316 g/mol. The molecule has 1 aliphatic carbocycles. The Bertz CT molecular complexity index is 685. The number of hydrogen-bond donors (Lipinski definition) is 0. The number of ether oxygens (including phenoxy) is 1. The minimum absolute atomic E-state index is 0.332. The Hall–Kier alpha value is -1.87. The number of carbonyl (C=O) groups is 1. The zero-order valence-electron chi connectivity index (χ0n) is 12.5. The molecule has 114 valence electrons. The van der Waals surface area contributed by atoms with Gasteiger partial charge in [-0.15, -0.1) is 0 Å². The average Bonchev–Trinajstić information content (AvgIpc) is 2.56. The number of carbonyl (C=O) groups excluding carboxylic acids is 1. The molecule has 1 aromatic heterocycles. The largest absolute Gasteiger partial charge is 0.462 e. The van der Waals surface area contributed by atoms with Gasteiger partial charge in [0.15, 0.2) is 0 Å². The maximum Gasteiger partial charge on any atom is 0.341 e. The monoisotopic (exact) mass is 315 g/mol. The fraction of sp³-hybridized carbons (Fsp3) is 0.333. The molecule has 0 fully saturated rings. The molecule has 0 saturated carbocycles. The van der Waals surface area contributed by atoms with E-state index in [4.69, 9.17) is 16.3 Å². The molecule has 1 heterocycles. The van der Waals surface area contributed by atoms with E-state index in [9.17, 15) is 4.79 Å². The van der Waals surface area contributed by atoms with Gasteiger partial charge in [-0.2, -0.15) is 0 Å². The Morgan fingerprint density at radius 2 is 2.14 bits per heavy atom. The Morgan fingerprint density at radius 1 is 1.36 bits per heavy atom. The first kappa shape index (κ1) is 15.0. The molecule has 2 aromatic rings. The van der Waals surface area contributed by atoms with Crippen molar-refractivity contribution >= 4 is 17.6 Å². The van der Waals surface area contributed by atoms with Crippen molar-refractivity contribution in [1.29, 1.82) is 0 Å². The van der Waals surface area contributed by atoms with Crippen LogP contribution in [-0.2, 0) is 17.6 Å². The molecule has 1 aliphatic rings. The summed E-state index contributed by atoms with van der Waals surface area (Å²) in [6.07, 6.45) is 4.30. The van der Waals surface area contributed by atoms with Gasteiger partial charge in [-0.3, -0.25) is 4.98 Å². The van der Waals surface area contributed by atoms with Gasteiger partial charge in [0, 0.05) is 11.9 Å². The van der Waals surface area contributed by atoms with Crippen molar-refractivity contribution in [2.75, 3.05) is 6.61 Å². The summed E-state index contributed by atoms with van der Waals surface area (Å²) in [7, 11) is 0. The number of fused-ring (bicyclic) bond motifs is 1. The van der Waals surface area contributed by atoms with E-state index in [0.717, 1.165) is 30.5 Å². The lowest BCUT2D eigenvalue weighted by molar-refractivity contribution is 0.0526. The van der Waals surface area contributed by atoms with Crippen molar-refractivity contribution in [2.24, 2.45) is 0 Å². The quantitative estimate of drug-likeness (QED) is 0.797. The molecule has 1 atom stereocenters. The molecule has 3 nitrogen and oxygen atoms in total. The second kappa shape index (κ2) is 6.49. The molecule has 0 N–H and O–H groups in total. The second-order valence-corrected chi connectivity index (χ2v) is 5.86. The van der Waals surface area contributed by atoms with Gasteiger partial charge in [0.05, 0.1) is 17.2 Å². The lowest BCUT2D eigenvalue weighted by atomic mass is 9.82. The zero-order valence-corrected chi connectivity index (χ0v) is 13.3. The third-order valence-electron chi connectivity index (χ3n) is 4.15. The van der Waals surface area contributed by atoms with Crippen LogP contribution in [0.15, 0.2) is 36.5 Å². The van der Waals surface area contributed by atoms with E-state index in [-0.39, 0.29) is 0 Å². The lowest BCUT2D eigenvalue weighted by Crippen LogP contribution is -2.17. The van der Waals surface area contributed by atoms with Crippen LogP contribution in [0.2, 0.25) is 5.02 Å². The third kappa shape index (κ3) is 2.86.